The molecule has 1 spiro atoms. The van der Waals surface area contributed by atoms with Crippen molar-refractivity contribution >= 4 is 5.91 Å². The number of piperidine rings is 1. The fourth-order valence-electron chi connectivity index (χ4n) is 1.98. The van der Waals surface area contributed by atoms with Crippen LogP contribution in [0.3, 0.4) is 0 Å². The minimum absolute atomic E-state index is 0.149. The predicted molar refractivity (Wildman–Crippen MR) is 53.5 cm³/mol. The first-order chi connectivity index (χ1) is 6.74. The molecule has 3 heteroatoms. The van der Waals surface area contributed by atoms with Gasteiger partial charge in [0, 0.05) is 18.4 Å². The van der Waals surface area contributed by atoms with Crippen molar-refractivity contribution in [2.75, 3.05) is 13.7 Å². The van der Waals surface area contributed by atoms with Gasteiger partial charge in [-0.05, 0) is 25.0 Å². The lowest BCUT2D eigenvalue weighted by Gasteiger charge is -2.35. The van der Waals surface area contributed by atoms with Crippen molar-refractivity contribution in [3.8, 4) is 0 Å². The number of nitrogens with one attached hydrogen (secondary N) is 1. The van der Waals surface area contributed by atoms with Gasteiger partial charge in [-0.2, -0.15) is 0 Å². The van der Waals surface area contributed by atoms with E-state index in [1.165, 1.54) is 0 Å². The molecule has 3 nitrogen and oxygen atoms in total. The molecule has 0 aromatic heterocycles. The van der Waals surface area contributed by atoms with Crippen molar-refractivity contribution < 1.29 is 9.53 Å². The van der Waals surface area contributed by atoms with Crippen molar-refractivity contribution in [3.63, 3.8) is 0 Å². The quantitative estimate of drug-likeness (QED) is 0.683. The van der Waals surface area contributed by atoms with E-state index in [0.29, 0.717) is 6.42 Å². The molecule has 1 N–H and O–H groups in total. The van der Waals surface area contributed by atoms with Crippen molar-refractivity contribution in [3.05, 3.63) is 24.0 Å². The Morgan fingerprint density at radius 1 is 1.57 bits per heavy atom. The lowest BCUT2D eigenvalue weighted by atomic mass is 9.75. The van der Waals surface area contributed by atoms with Crippen LogP contribution in [-0.4, -0.2) is 19.6 Å². The van der Waals surface area contributed by atoms with E-state index in [2.05, 4.69) is 17.5 Å². The normalized spacial score (nSPS) is 31.2. The molecular formula is C11H15NO2. The number of amides is 1. The molecule has 1 aliphatic carbocycles. The summed E-state index contributed by atoms with van der Waals surface area (Å²) < 4.78 is 5.13. The van der Waals surface area contributed by atoms with Gasteiger partial charge in [-0.3, -0.25) is 4.79 Å². The smallest absolute Gasteiger partial charge is 0.220 e. The molecule has 1 aliphatic heterocycles. The van der Waals surface area contributed by atoms with Gasteiger partial charge in [0.2, 0.25) is 5.91 Å². The second kappa shape index (κ2) is 3.48. The summed E-state index contributed by atoms with van der Waals surface area (Å²) >= 11 is 0. The molecule has 2 rings (SSSR count). The Labute approximate surface area is 83.8 Å². The van der Waals surface area contributed by atoms with E-state index in [1.54, 1.807) is 7.11 Å². The van der Waals surface area contributed by atoms with Gasteiger partial charge in [-0.25, -0.2) is 0 Å². The van der Waals surface area contributed by atoms with Crippen LogP contribution in [0.5, 0.6) is 0 Å². The first-order valence-corrected chi connectivity index (χ1v) is 4.94. The lowest BCUT2D eigenvalue weighted by molar-refractivity contribution is -0.123. The SMILES string of the molecule is COC1=CCC2(C=C1)CCC(=O)NC2. The number of ether oxygens (including phenoxy) is 1. The van der Waals surface area contributed by atoms with Crippen LogP contribution < -0.4 is 5.32 Å². The third kappa shape index (κ3) is 1.67. The van der Waals surface area contributed by atoms with Gasteiger partial charge in [0.25, 0.3) is 0 Å². The Balaban J connectivity index is 2.04. The summed E-state index contributed by atoms with van der Waals surface area (Å²) in [5.41, 5.74) is 0.149. The molecule has 76 valence electrons. The molecule has 1 atom stereocenters. The number of hydrogen-bond donors (Lipinski definition) is 1. The summed E-state index contributed by atoms with van der Waals surface area (Å²) in [6.07, 6.45) is 8.82. The van der Waals surface area contributed by atoms with E-state index >= 15 is 0 Å². The highest BCUT2D eigenvalue weighted by Crippen LogP contribution is 2.36. The number of allylic oxidation sites excluding steroid dienone is 2. The van der Waals surface area contributed by atoms with E-state index in [4.69, 9.17) is 4.74 Å². The zero-order chi connectivity index (χ0) is 10.0. The number of carbonyl (C=O) groups is 1. The summed E-state index contributed by atoms with van der Waals surface area (Å²) in [4.78, 5) is 11.0. The summed E-state index contributed by atoms with van der Waals surface area (Å²) in [7, 11) is 1.68. The Bertz CT molecular complexity index is 294. The molecule has 1 heterocycles. The fraction of sp³-hybridized carbons (Fsp3) is 0.545. The van der Waals surface area contributed by atoms with E-state index in [1.807, 2.05) is 6.08 Å². The first kappa shape index (κ1) is 9.31. The number of carbonyl (C=O) groups excluding carboxylic acids is 1. The summed E-state index contributed by atoms with van der Waals surface area (Å²) in [5, 5.41) is 2.92. The van der Waals surface area contributed by atoms with Crippen LogP contribution in [0, 0.1) is 5.41 Å². The molecule has 1 unspecified atom stereocenters. The topological polar surface area (TPSA) is 38.3 Å². The maximum atomic E-state index is 11.0. The van der Waals surface area contributed by atoms with Gasteiger partial charge in [-0.1, -0.05) is 6.08 Å². The standard InChI is InChI=1S/C11H15NO2/c1-14-9-2-5-11(6-3-9)7-4-10(13)12-8-11/h2-3,5H,4,6-8H2,1H3,(H,12,13). The molecule has 2 aliphatic rings. The Kier molecular flexibility index (Phi) is 2.32. The van der Waals surface area contributed by atoms with Crippen molar-refractivity contribution in [1.29, 1.82) is 0 Å². The molecule has 0 radical (unpaired) electrons. The Morgan fingerprint density at radius 3 is 2.93 bits per heavy atom. The van der Waals surface area contributed by atoms with Gasteiger partial charge in [0.15, 0.2) is 0 Å². The Morgan fingerprint density at radius 2 is 2.43 bits per heavy atom. The van der Waals surface area contributed by atoms with Gasteiger partial charge in [-0.15, -0.1) is 0 Å². The second-order valence-corrected chi connectivity index (χ2v) is 3.99. The number of methoxy groups -OCH3 is 1. The zero-order valence-electron chi connectivity index (χ0n) is 8.38. The van der Waals surface area contributed by atoms with E-state index in [-0.39, 0.29) is 11.3 Å². The third-order valence-corrected chi connectivity index (χ3v) is 3.03. The molecule has 1 amide bonds. The molecule has 0 bridgehead atoms. The van der Waals surface area contributed by atoms with Gasteiger partial charge in [0.05, 0.1) is 7.11 Å². The largest absolute Gasteiger partial charge is 0.497 e. The molecule has 1 fully saturated rings. The zero-order valence-corrected chi connectivity index (χ0v) is 8.38. The lowest BCUT2D eigenvalue weighted by Crippen LogP contribution is -2.42. The maximum Gasteiger partial charge on any atom is 0.220 e. The predicted octanol–water partition coefficient (Wildman–Crippen LogP) is 1.37. The third-order valence-electron chi connectivity index (χ3n) is 3.03. The van der Waals surface area contributed by atoms with Gasteiger partial charge >= 0.3 is 0 Å². The number of hydrogen-bond acceptors (Lipinski definition) is 2. The highest BCUT2D eigenvalue weighted by atomic mass is 16.5. The van der Waals surface area contributed by atoms with Crippen LogP contribution in [0.1, 0.15) is 19.3 Å². The average Bonchev–Trinajstić information content (AvgIpc) is 2.24. The highest BCUT2D eigenvalue weighted by Gasteiger charge is 2.32. The summed E-state index contributed by atoms with van der Waals surface area (Å²) in [5.74, 6) is 1.10. The fourth-order valence-corrected chi connectivity index (χ4v) is 1.98. The second-order valence-electron chi connectivity index (χ2n) is 3.99. The molecule has 1 saturated heterocycles. The van der Waals surface area contributed by atoms with Crippen molar-refractivity contribution in [2.45, 2.75) is 19.3 Å². The number of rotatable bonds is 1. The monoisotopic (exact) mass is 193 g/mol. The van der Waals surface area contributed by atoms with Crippen LogP contribution >= 0.6 is 0 Å². The highest BCUT2D eigenvalue weighted by molar-refractivity contribution is 5.77. The van der Waals surface area contributed by atoms with E-state index in [0.717, 1.165) is 25.1 Å². The van der Waals surface area contributed by atoms with Crippen LogP contribution in [0.25, 0.3) is 0 Å². The summed E-state index contributed by atoms with van der Waals surface area (Å²) in [6.45, 7) is 0.760. The van der Waals surface area contributed by atoms with E-state index < -0.39 is 0 Å². The molecule has 0 aromatic carbocycles. The van der Waals surface area contributed by atoms with Crippen LogP contribution in [0.2, 0.25) is 0 Å². The minimum atomic E-state index is 0.149. The first-order valence-electron chi connectivity index (χ1n) is 4.94. The van der Waals surface area contributed by atoms with Crippen molar-refractivity contribution in [2.24, 2.45) is 5.41 Å². The summed E-state index contributed by atoms with van der Waals surface area (Å²) in [6, 6.07) is 0. The Hall–Kier alpha value is -1.25. The molecule has 0 saturated carbocycles. The minimum Gasteiger partial charge on any atom is -0.497 e. The van der Waals surface area contributed by atoms with Crippen LogP contribution in [-0.2, 0) is 9.53 Å². The molecular weight excluding hydrogens is 178 g/mol. The molecule has 0 aromatic rings. The van der Waals surface area contributed by atoms with Crippen LogP contribution in [0.4, 0.5) is 0 Å². The maximum absolute atomic E-state index is 11.0. The van der Waals surface area contributed by atoms with E-state index in [9.17, 15) is 4.79 Å². The average molecular weight is 193 g/mol. The van der Waals surface area contributed by atoms with Gasteiger partial charge < -0.3 is 10.1 Å². The van der Waals surface area contributed by atoms with Crippen LogP contribution in [0.15, 0.2) is 24.0 Å². The van der Waals surface area contributed by atoms with Gasteiger partial charge in [0.1, 0.15) is 5.76 Å². The molecule has 14 heavy (non-hydrogen) atoms. The van der Waals surface area contributed by atoms with Crippen molar-refractivity contribution in [1.82, 2.24) is 5.32 Å².